The van der Waals surface area contributed by atoms with Gasteiger partial charge in [-0.1, -0.05) is 12.1 Å². The zero-order chi connectivity index (χ0) is 15.6. The summed E-state index contributed by atoms with van der Waals surface area (Å²) in [6.07, 6.45) is 0.589. The van der Waals surface area contributed by atoms with Gasteiger partial charge in [0.25, 0.3) is 0 Å². The largest absolute Gasteiger partial charge is 0.352 e. The minimum absolute atomic E-state index is 0.110. The summed E-state index contributed by atoms with van der Waals surface area (Å²) >= 11 is 0. The molecule has 1 saturated heterocycles. The van der Waals surface area contributed by atoms with Crippen molar-refractivity contribution < 1.29 is 18.0 Å². The van der Waals surface area contributed by atoms with Gasteiger partial charge < -0.3 is 5.32 Å². The summed E-state index contributed by atoms with van der Waals surface area (Å²) in [6, 6.07) is 5.86. The Hall–Kier alpha value is -1.73. The first-order valence-electron chi connectivity index (χ1n) is 6.69. The molecule has 6 nitrogen and oxygen atoms in total. The maximum atomic E-state index is 12.5. The van der Waals surface area contributed by atoms with E-state index in [4.69, 9.17) is 0 Å². The van der Waals surface area contributed by atoms with Crippen molar-refractivity contribution in [3.05, 3.63) is 29.8 Å². The van der Waals surface area contributed by atoms with Gasteiger partial charge in [-0.2, -0.15) is 4.31 Å². The third-order valence-corrected chi connectivity index (χ3v) is 5.30. The highest BCUT2D eigenvalue weighted by molar-refractivity contribution is 7.89. The van der Waals surface area contributed by atoms with Gasteiger partial charge in [-0.15, -0.1) is 0 Å². The number of hydrogen-bond donors (Lipinski definition) is 1. The van der Waals surface area contributed by atoms with Crippen molar-refractivity contribution in [2.24, 2.45) is 0 Å². The predicted octanol–water partition coefficient (Wildman–Crippen LogP) is 0.788. The Morgan fingerprint density at radius 2 is 2.00 bits per heavy atom. The van der Waals surface area contributed by atoms with E-state index in [9.17, 15) is 18.0 Å². The van der Waals surface area contributed by atoms with E-state index in [-0.39, 0.29) is 29.2 Å². The van der Waals surface area contributed by atoms with Crippen molar-refractivity contribution in [1.29, 1.82) is 0 Å². The first kappa shape index (κ1) is 15.7. The SMILES string of the molecule is CC(=O)NC1CCN(S(=O)(=O)c2cccc(C(C)=O)c2)C1. The normalized spacial score (nSPS) is 19.4. The van der Waals surface area contributed by atoms with E-state index in [1.807, 2.05) is 0 Å². The molecule has 7 heteroatoms. The highest BCUT2D eigenvalue weighted by atomic mass is 32.2. The number of amides is 1. The number of carbonyl (C=O) groups is 2. The lowest BCUT2D eigenvalue weighted by atomic mass is 10.2. The molecule has 2 rings (SSSR count). The van der Waals surface area contributed by atoms with Gasteiger partial charge in [0.1, 0.15) is 0 Å². The maximum Gasteiger partial charge on any atom is 0.243 e. The molecule has 1 aromatic carbocycles. The topological polar surface area (TPSA) is 83.6 Å². The van der Waals surface area contributed by atoms with Crippen LogP contribution >= 0.6 is 0 Å². The van der Waals surface area contributed by atoms with Crippen LogP contribution in [0.3, 0.4) is 0 Å². The molecule has 1 amide bonds. The average Bonchev–Trinajstić information content (AvgIpc) is 2.87. The first-order chi connectivity index (χ1) is 9.80. The van der Waals surface area contributed by atoms with Gasteiger partial charge >= 0.3 is 0 Å². The molecule has 0 bridgehead atoms. The van der Waals surface area contributed by atoms with Gasteiger partial charge in [-0.25, -0.2) is 8.42 Å². The molecule has 0 aromatic heterocycles. The molecule has 21 heavy (non-hydrogen) atoms. The molecule has 1 aliphatic rings. The van der Waals surface area contributed by atoms with E-state index < -0.39 is 10.0 Å². The van der Waals surface area contributed by atoms with Crippen molar-refractivity contribution in [1.82, 2.24) is 9.62 Å². The van der Waals surface area contributed by atoms with Crippen molar-refractivity contribution >= 4 is 21.7 Å². The molecule has 0 aliphatic carbocycles. The van der Waals surface area contributed by atoms with Crippen LogP contribution in [0, 0.1) is 0 Å². The van der Waals surface area contributed by atoms with Crippen LogP contribution in [0.25, 0.3) is 0 Å². The number of Topliss-reactive ketones (excluding diaryl/α,β-unsaturated/α-hetero) is 1. The molecular formula is C14H18N2O4S. The Bertz CT molecular complexity index is 669. The summed E-state index contributed by atoms with van der Waals surface area (Å²) in [6.45, 7) is 3.42. The number of ketones is 1. The maximum absolute atomic E-state index is 12.5. The standard InChI is InChI=1S/C14H18N2O4S/c1-10(17)12-4-3-5-14(8-12)21(19,20)16-7-6-13(9-16)15-11(2)18/h3-5,8,13H,6-7,9H2,1-2H3,(H,15,18). The number of benzene rings is 1. The van der Waals surface area contributed by atoms with E-state index in [2.05, 4.69) is 5.32 Å². The molecule has 114 valence electrons. The van der Waals surface area contributed by atoms with E-state index in [0.29, 0.717) is 18.5 Å². The summed E-state index contributed by atoms with van der Waals surface area (Å²) in [5.74, 6) is -0.345. The Balaban J connectivity index is 2.21. The van der Waals surface area contributed by atoms with Crippen LogP contribution in [-0.2, 0) is 14.8 Å². The lowest BCUT2D eigenvalue weighted by Crippen LogP contribution is -2.37. The zero-order valence-corrected chi connectivity index (χ0v) is 12.8. The third-order valence-electron chi connectivity index (χ3n) is 3.44. The molecule has 1 aliphatic heterocycles. The summed E-state index contributed by atoms with van der Waals surface area (Å²) in [5, 5.41) is 2.73. The molecule has 0 saturated carbocycles. The van der Waals surface area contributed by atoms with Gasteiger partial charge in [0.2, 0.25) is 15.9 Å². The monoisotopic (exact) mass is 310 g/mol. The number of nitrogens with one attached hydrogen (secondary N) is 1. The Kier molecular flexibility index (Phi) is 4.43. The van der Waals surface area contributed by atoms with Crippen molar-refractivity contribution in [3.8, 4) is 0 Å². The van der Waals surface area contributed by atoms with Crippen molar-refractivity contribution in [2.45, 2.75) is 31.2 Å². The number of hydrogen-bond acceptors (Lipinski definition) is 4. The zero-order valence-electron chi connectivity index (χ0n) is 12.0. The van der Waals surface area contributed by atoms with Crippen LogP contribution in [0.1, 0.15) is 30.6 Å². The van der Waals surface area contributed by atoms with Crippen LogP contribution in [0.5, 0.6) is 0 Å². The second-order valence-electron chi connectivity index (χ2n) is 5.13. The van der Waals surface area contributed by atoms with Gasteiger partial charge in [0.05, 0.1) is 4.90 Å². The fraction of sp³-hybridized carbons (Fsp3) is 0.429. The summed E-state index contributed by atoms with van der Waals surface area (Å²) in [5.41, 5.74) is 0.369. The fourth-order valence-electron chi connectivity index (χ4n) is 2.38. The molecule has 1 N–H and O–H groups in total. The summed E-state index contributed by atoms with van der Waals surface area (Å²) in [4.78, 5) is 22.5. The minimum atomic E-state index is -3.63. The fourth-order valence-corrected chi connectivity index (χ4v) is 3.92. The molecule has 0 spiro atoms. The lowest BCUT2D eigenvalue weighted by Gasteiger charge is -2.17. The average molecular weight is 310 g/mol. The van der Waals surface area contributed by atoms with E-state index in [1.54, 1.807) is 12.1 Å². The Labute approximate surface area is 124 Å². The second kappa shape index (κ2) is 5.95. The highest BCUT2D eigenvalue weighted by Gasteiger charge is 2.33. The summed E-state index contributed by atoms with van der Waals surface area (Å²) in [7, 11) is -3.63. The van der Waals surface area contributed by atoms with E-state index >= 15 is 0 Å². The molecule has 1 atom stereocenters. The summed E-state index contributed by atoms with van der Waals surface area (Å²) < 4.78 is 26.4. The smallest absolute Gasteiger partial charge is 0.243 e. The van der Waals surface area contributed by atoms with Crippen LogP contribution in [0.2, 0.25) is 0 Å². The van der Waals surface area contributed by atoms with Crippen molar-refractivity contribution in [3.63, 3.8) is 0 Å². The number of sulfonamides is 1. The number of rotatable bonds is 4. The molecule has 1 unspecified atom stereocenters. The molecular weight excluding hydrogens is 292 g/mol. The van der Waals surface area contributed by atoms with Crippen LogP contribution in [0.15, 0.2) is 29.2 Å². The van der Waals surface area contributed by atoms with Gasteiger partial charge in [0, 0.05) is 31.6 Å². The van der Waals surface area contributed by atoms with Crippen LogP contribution in [-0.4, -0.2) is 43.5 Å². The van der Waals surface area contributed by atoms with Crippen LogP contribution in [0.4, 0.5) is 0 Å². The second-order valence-corrected chi connectivity index (χ2v) is 7.07. The third kappa shape index (κ3) is 3.48. The Morgan fingerprint density at radius 3 is 2.62 bits per heavy atom. The molecule has 1 fully saturated rings. The van der Waals surface area contributed by atoms with Crippen molar-refractivity contribution in [2.75, 3.05) is 13.1 Å². The Morgan fingerprint density at radius 1 is 1.29 bits per heavy atom. The highest BCUT2D eigenvalue weighted by Crippen LogP contribution is 2.22. The van der Waals surface area contributed by atoms with Gasteiger partial charge in [-0.05, 0) is 25.5 Å². The predicted molar refractivity (Wildman–Crippen MR) is 77.4 cm³/mol. The minimum Gasteiger partial charge on any atom is -0.352 e. The van der Waals surface area contributed by atoms with Gasteiger partial charge in [0.15, 0.2) is 5.78 Å². The quantitative estimate of drug-likeness (QED) is 0.833. The number of nitrogens with zero attached hydrogens (tertiary/aromatic N) is 1. The van der Waals surface area contributed by atoms with E-state index in [0.717, 1.165) is 0 Å². The number of carbonyl (C=O) groups excluding carboxylic acids is 2. The van der Waals surface area contributed by atoms with E-state index in [1.165, 1.54) is 30.3 Å². The lowest BCUT2D eigenvalue weighted by molar-refractivity contribution is -0.119. The molecule has 1 aromatic rings. The van der Waals surface area contributed by atoms with Crippen LogP contribution < -0.4 is 5.32 Å². The first-order valence-corrected chi connectivity index (χ1v) is 8.13. The molecule has 1 heterocycles. The van der Waals surface area contributed by atoms with Gasteiger partial charge in [-0.3, -0.25) is 9.59 Å². The molecule has 0 radical (unpaired) electrons.